The average Bonchev–Trinajstić information content (AvgIpc) is 2.57. The molecular weight excluding hydrogens is 236 g/mol. The third kappa shape index (κ3) is 2.19. The predicted octanol–water partition coefficient (Wildman–Crippen LogP) is 2.83. The predicted molar refractivity (Wildman–Crippen MR) is 66.5 cm³/mol. The molecule has 2 rings (SSSR count). The molecule has 4 nitrogen and oxygen atoms in total. The highest BCUT2D eigenvalue weighted by atomic mass is 32.1. The Bertz CT molecular complexity index is 590. The van der Waals surface area contributed by atoms with E-state index in [0.717, 1.165) is 21.3 Å². The molecule has 2 aromatic rings. The van der Waals surface area contributed by atoms with Crippen LogP contribution >= 0.6 is 11.3 Å². The van der Waals surface area contributed by atoms with Crippen molar-refractivity contribution in [3.63, 3.8) is 0 Å². The minimum absolute atomic E-state index is 0.243. The molecular formula is C12H12N2O2S. The molecule has 2 aromatic heterocycles. The van der Waals surface area contributed by atoms with Crippen LogP contribution in [0, 0.1) is 20.8 Å². The van der Waals surface area contributed by atoms with Gasteiger partial charge in [0.1, 0.15) is 0 Å². The summed E-state index contributed by atoms with van der Waals surface area (Å²) in [7, 11) is 0. The summed E-state index contributed by atoms with van der Waals surface area (Å²) >= 11 is 1.57. The number of aryl methyl sites for hydroxylation is 3. The monoisotopic (exact) mass is 248 g/mol. The first-order valence-corrected chi connectivity index (χ1v) is 5.96. The number of hydrogen-bond donors (Lipinski definition) is 1. The second-order valence-corrected chi connectivity index (χ2v) is 4.99. The first-order valence-electron chi connectivity index (χ1n) is 5.14. The van der Waals surface area contributed by atoms with Crippen LogP contribution in [0.25, 0.3) is 10.6 Å². The van der Waals surface area contributed by atoms with Gasteiger partial charge in [-0.05, 0) is 32.9 Å². The van der Waals surface area contributed by atoms with E-state index in [1.165, 1.54) is 0 Å². The van der Waals surface area contributed by atoms with Crippen molar-refractivity contribution in [3.05, 3.63) is 34.1 Å². The molecule has 0 aliphatic heterocycles. The van der Waals surface area contributed by atoms with Gasteiger partial charge < -0.3 is 5.11 Å². The molecule has 0 saturated carbocycles. The molecule has 0 saturated heterocycles. The summed E-state index contributed by atoms with van der Waals surface area (Å²) in [5, 5.41) is 9.92. The van der Waals surface area contributed by atoms with Crippen molar-refractivity contribution in [1.29, 1.82) is 0 Å². The van der Waals surface area contributed by atoms with Crippen molar-refractivity contribution >= 4 is 17.3 Å². The van der Waals surface area contributed by atoms with Crippen LogP contribution in [0.15, 0.2) is 12.1 Å². The Morgan fingerprint density at radius 1 is 1.18 bits per heavy atom. The fourth-order valence-corrected chi connectivity index (χ4v) is 2.57. The van der Waals surface area contributed by atoms with Gasteiger partial charge in [-0.2, -0.15) is 0 Å². The highest BCUT2D eigenvalue weighted by molar-refractivity contribution is 7.15. The minimum atomic E-state index is -0.946. The van der Waals surface area contributed by atoms with E-state index in [-0.39, 0.29) is 5.56 Å². The molecule has 0 radical (unpaired) electrons. The average molecular weight is 248 g/mol. The van der Waals surface area contributed by atoms with E-state index < -0.39 is 5.97 Å². The molecule has 88 valence electrons. The molecule has 0 amide bonds. The van der Waals surface area contributed by atoms with Crippen molar-refractivity contribution in [2.24, 2.45) is 0 Å². The Hall–Kier alpha value is -1.75. The second kappa shape index (κ2) is 4.25. The number of carboxylic acid groups (broad SMARTS) is 1. The van der Waals surface area contributed by atoms with Gasteiger partial charge in [-0.3, -0.25) is 4.98 Å². The van der Waals surface area contributed by atoms with Gasteiger partial charge in [0.15, 0.2) is 0 Å². The summed E-state index contributed by atoms with van der Waals surface area (Å²) in [6, 6.07) is 3.32. The van der Waals surface area contributed by atoms with Gasteiger partial charge in [-0.1, -0.05) is 0 Å². The van der Waals surface area contributed by atoms with Gasteiger partial charge in [0, 0.05) is 0 Å². The van der Waals surface area contributed by atoms with Crippen LogP contribution in [0.5, 0.6) is 0 Å². The summed E-state index contributed by atoms with van der Waals surface area (Å²) in [5.74, 6) is -0.946. The van der Waals surface area contributed by atoms with Crippen molar-refractivity contribution in [2.45, 2.75) is 20.8 Å². The van der Waals surface area contributed by atoms with E-state index in [9.17, 15) is 4.79 Å². The van der Waals surface area contributed by atoms with Gasteiger partial charge in [-0.15, -0.1) is 11.3 Å². The first kappa shape index (κ1) is 11.7. The van der Waals surface area contributed by atoms with Crippen LogP contribution in [0.4, 0.5) is 0 Å². The Kier molecular flexibility index (Phi) is 2.93. The maximum Gasteiger partial charge on any atom is 0.337 e. The molecule has 0 aliphatic rings. The maximum absolute atomic E-state index is 10.9. The van der Waals surface area contributed by atoms with Gasteiger partial charge in [0.25, 0.3) is 0 Å². The van der Waals surface area contributed by atoms with Crippen molar-refractivity contribution in [3.8, 4) is 10.6 Å². The zero-order valence-corrected chi connectivity index (χ0v) is 10.6. The molecule has 0 aliphatic carbocycles. The molecule has 5 heteroatoms. The van der Waals surface area contributed by atoms with Crippen molar-refractivity contribution in [1.82, 2.24) is 9.97 Å². The molecule has 0 fully saturated rings. The fraction of sp³-hybridized carbons (Fsp3) is 0.250. The number of aromatic nitrogens is 2. The van der Waals surface area contributed by atoms with E-state index in [4.69, 9.17) is 5.11 Å². The highest BCUT2D eigenvalue weighted by Crippen LogP contribution is 2.28. The lowest BCUT2D eigenvalue weighted by atomic mass is 10.1. The van der Waals surface area contributed by atoms with E-state index in [1.54, 1.807) is 30.4 Å². The molecule has 1 N–H and O–H groups in total. The van der Waals surface area contributed by atoms with E-state index in [1.807, 2.05) is 13.8 Å². The number of hydrogen-bond acceptors (Lipinski definition) is 4. The van der Waals surface area contributed by atoms with Gasteiger partial charge >= 0.3 is 5.97 Å². The Morgan fingerprint density at radius 3 is 2.35 bits per heavy atom. The molecule has 0 spiro atoms. The number of pyridine rings is 1. The van der Waals surface area contributed by atoms with Gasteiger partial charge in [-0.25, -0.2) is 9.78 Å². The smallest absolute Gasteiger partial charge is 0.337 e. The maximum atomic E-state index is 10.9. The lowest BCUT2D eigenvalue weighted by Gasteiger charge is -2.03. The number of rotatable bonds is 2. The Morgan fingerprint density at radius 2 is 1.88 bits per heavy atom. The summed E-state index contributed by atoms with van der Waals surface area (Å²) in [6.45, 7) is 5.58. The third-order valence-electron chi connectivity index (χ3n) is 2.45. The number of carboxylic acids is 1. The summed E-state index contributed by atoms with van der Waals surface area (Å²) in [4.78, 5) is 20.6. The fourth-order valence-electron chi connectivity index (χ4n) is 1.68. The molecule has 0 aromatic carbocycles. The Labute approximate surface area is 103 Å². The topological polar surface area (TPSA) is 63.1 Å². The number of carbonyl (C=O) groups is 1. The summed E-state index contributed by atoms with van der Waals surface area (Å²) in [5.41, 5.74) is 2.49. The van der Waals surface area contributed by atoms with Gasteiger partial charge in [0.2, 0.25) is 0 Å². The zero-order chi connectivity index (χ0) is 12.6. The first-order chi connectivity index (χ1) is 7.99. The molecule has 2 heterocycles. The normalized spacial score (nSPS) is 10.5. The SMILES string of the molecule is Cc1nc(C)c(-c2ccc(C(=O)O)c(C)n2)s1. The second-order valence-electron chi connectivity index (χ2n) is 3.78. The summed E-state index contributed by atoms with van der Waals surface area (Å²) in [6.07, 6.45) is 0. The molecule has 17 heavy (non-hydrogen) atoms. The molecule has 0 atom stereocenters. The van der Waals surface area contributed by atoms with Crippen LogP contribution in [-0.2, 0) is 0 Å². The quantitative estimate of drug-likeness (QED) is 0.887. The number of aromatic carboxylic acids is 1. The van der Waals surface area contributed by atoms with E-state index in [2.05, 4.69) is 9.97 Å². The highest BCUT2D eigenvalue weighted by Gasteiger charge is 2.13. The van der Waals surface area contributed by atoms with E-state index >= 15 is 0 Å². The van der Waals surface area contributed by atoms with Gasteiger partial charge in [0.05, 0.1) is 32.5 Å². The summed E-state index contributed by atoms with van der Waals surface area (Å²) < 4.78 is 0. The van der Waals surface area contributed by atoms with Crippen LogP contribution in [-0.4, -0.2) is 21.0 Å². The lowest BCUT2D eigenvalue weighted by molar-refractivity contribution is 0.0695. The van der Waals surface area contributed by atoms with Crippen LogP contribution in [0.2, 0.25) is 0 Å². The Balaban J connectivity index is 2.51. The standard InChI is InChI=1S/C12H12N2O2S/c1-6-9(12(15)16)4-5-10(14-6)11-7(2)13-8(3)17-11/h4-5H,1-3H3,(H,15,16). The van der Waals surface area contributed by atoms with Crippen LogP contribution < -0.4 is 0 Å². The molecule has 0 unspecified atom stereocenters. The van der Waals surface area contributed by atoms with Crippen molar-refractivity contribution in [2.75, 3.05) is 0 Å². The van der Waals surface area contributed by atoms with Crippen LogP contribution in [0.3, 0.4) is 0 Å². The van der Waals surface area contributed by atoms with E-state index in [0.29, 0.717) is 5.69 Å². The van der Waals surface area contributed by atoms with Crippen molar-refractivity contribution < 1.29 is 9.90 Å². The zero-order valence-electron chi connectivity index (χ0n) is 9.81. The van der Waals surface area contributed by atoms with Crippen LogP contribution in [0.1, 0.15) is 26.8 Å². The largest absolute Gasteiger partial charge is 0.478 e. The number of nitrogens with zero attached hydrogens (tertiary/aromatic N) is 2. The number of thiazole rings is 1. The third-order valence-corrected chi connectivity index (χ3v) is 3.55. The lowest BCUT2D eigenvalue weighted by Crippen LogP contribution is -2.02. The molecule has 0 bridgehead atoms. The minimum Gasteiger partial charge on any atom is -0.478 e.